The standard InChI is InChI=1S/C17H23ClN4O3/c1-21(2)10-9-19-15(23)8-7-14-16(24)22(17(25)20-14)11-12-5-3-4-6-13(12)18/h3-6,14H,7-11H2,1-2H3,(H,19,23)(H,20,25)/t14-/m0/s1. The zero-order valence-corrected chi connectivity index (χ0v) is 15.2. The second kappa shape index (κ2) is 8.82. The molecule has 0 unspecified atom stereocenters. The fourth-order valence-electron chi connectivity index (χ4n) is 2.50. The Morgan fingerprint density at radius 1 is 1.32 bits per heavy atom. The second-order valence-corrected chi connectivity index (χ2v) is 6.62. The molecule has 1 aliphatic heterocycles. The van der Waals surface area contributed by atoms with Crippen molar-refractivity contribution in [1.29, 1.82) is 0 Å². The monoisotopic (exact) mass is 366 g/mol. The minimum absolute atomic E-state index is 0.121. The maximum Gasteiger partial charge on any atom is 0.325 e. The van der Waals surface area contributed by atoms with E-state index < -0.39 is 12.1 Å². The predicted molar refractivity (Wildman–Crippen MR) is 95.1 cm³/mol. The van der Waals surface area contributed by atoms with E-state index in [1.54, 1.807) is 24.3 Å². The number of benzene rings is 1. The van der Waals surface area contributed by atoms with Crippen molar-refractivity contribution >= 4 is 29.4 Å². The zero-order chi connectivity index (χ0) is 18.4. The Kier molecular flexibility index (Phi) is 6.78. The molecule has 7 nitrogen and oxygen atoms in total. The third-order valence-corrected chi connectivity index (χ3v) is 4.30. The van der Waals surface area contributed by atoms with Crippen LogP contribution in [-0.2, 0) is 16.1 Å². The van der Waals surface area contributed by atoms with Gasteiger partial charge in [-0.15, -0.1) is 0 Å². The average molecular weight is 367 g/mol. The van der Waals surface area contributed by atoms with E-state index in [1.165, 1.54) is 0 Å². The van der Waals surface area contributed by atoms with Gasteiger partial charge in [-0.2, -0.15) is 0 Å². The van der Waals surface area contributed by atoms with Crippen molar-refractivity contribution in [2.75, 3.05) is 27.2 Å². The van der Waals surface area contributed by atoms with Crippen LogP contribution in [0, 0.1) is 0 Å². The third-order valence-electron chi connectivity index (χ3n) is 3.93. The first-order valence-electron chi connectivity index (χ1n) is 8.15. The number of amides is 4. The number of likely N-dealkylation sites (N-methyl/N-ethyl adjacent to an activating group) is 1. The van der Waals surface area contributed by atoms with Crippen molar-refractivity contribution in [3.8, 4) is 0 Å². The molecule has 0 saturated carbocycles. The van der Waals surface area contributed by atoms with Gasteiger partial charge in [0, 0.05) is 24.5 Å². The number of rotatable bonds is 8. The molecule has 2 rings (SSSR count). The Bertz CT molecular complexity index is 651. The van der Waals surface area contributed by atoms with Crippen molar-refractivity contribution < 1.29 is 14.4 Å². The van der Waals surface area contributed by atoms with E-state index in [0.717, 1.165) is 11.4 Å². The molecule has 0 aliphatic carbocycles. The molecule has 0 radical (unpaired) electrons. The summed E-state index contributed by atoms with van der Waals surface area (Å²) in [6.07, 6.45) is 0.460. The van der Waals surface area contributed by atoms with Crippen molar-refractivity contribution in [3.63, 3.8) is 0 Å². The molecule has 0 spiro atoms. The molecule has 0 bridgehead atoms. The van der Waals surface area contributed by atoms with Gasteiger partial charge in [0.1, 0.15) is 6.04 Å². The average Bonchev–Trinajstić information content (AvgIpc) is 2.82. The molecule has 1 saturated heterocycles. The Hall–Kier alpha value is -2.12. The SMILES string of the molecule is CN(C)CCNC(=O)CC[C@@H]1NC(=O)N(Cc2ccccc2Cl)C1=O. The van der Waals surface area contributed by atoms with Crippen molar-refractivity contribution in [2.45, 2.75) is 25.4 Å². The van der Waals surface area contributed by atoms with Crippen LogP contribution in [0.25, 0.3) is 0 Å². The Morgan fingerprint density at radius 3 is 2.72 bits per heavy atom. The largest absolute Gasteiger partial charge is 0.355 e. The maximum atomic E-state index is 12.4. The number of carbonyl (C=O) groups is 3. The van der Waals surface area contributed by atoms with E-state index in [9.17, 15) is 14.4 Å². The van der Waals surface area contributed by atoms with Crippen LogP contribution in [0.4, 0.5) is 4.79 Å². The quantitative estimate of drug-likeness (QED) is 0.678. The summed E-state index contributed by atoms with van der Waals surface area (Å²) >= 11 is 6.08. The highest BCUT2D eigenvalue weighted by Gasteiger charge is 2.37. The van der Waals surface area contributed by atoms with E-state index in [4.69, 9.17) is 11.6 Å². The van der Waals surface area contributed by atoms with E-state index in [-0.39, 0.29) is 31.2 Å². The molecular formula is C17H23ClN4O3. The van der Waals surface area contributed by atoms with Gasteiger partial charge in [-0.05, 0) is 32.1 Å². The van der Waals surface area contributed by atoms with Crippen molar-refractivity contribution in [3.05, 3.63) is 34.9 Å². The first kappa shape index (κ1) is 19.2. The number of hydrogen-bond acceptors (Lipinski definition) is 4. The molecule has 25 heavy (non-hydrogen) atoms. The summed E-state index contributed by atoms with van der Waals surface area (Å²) in [4.78, 5) is 39.4. The summed E-state index contributed by atoms with van der Waals surface area (Å²) in [5.74, 6) is -0.459. The molecule has 1 aromatic rings. The number of urea groups is 1. The number of halogens is 1. The lowest BCUT2D eigenvalue weighted by Gasteiger charge is -2.14. The summed E-state index contributed by atoms with van der Waals surface area (Å²) in [7, 11) is 3.85. The number of carbonyl (C=O) groups excluding carboxylic acids is 3. The summed E-state index contributed by atoms with van der Waals surface area (Å²) in [5.41, 5.74) is 0.703. The number of nitrogens with one attached hydrogen (secondary N) is 2. The lowest BCUT2D eigenvalue weighted by atomic mass is 10.1. The Labute approximate surface area is 152 Å². The fourth-order valence-corrected chi connectivity index (χ4v) is 2.70. The highest BCUT2D eigenvalue weighted by molar-refractivity contribution is 6.31. The molecule has 1 aromatic carbocycles. The normalized spacial score (nSPS) is 17.1. The molecule has 0 aromatic heterocycles. The predicted octanol–water partition coefficient (Wildman–Crippen LogP) is 1.22. The van der Waals surface area contributed by atoms with Crippen LogP contribution in [0.5, 0.6) is 0 Å². The van der Waals surface area contributed by atoms with E-state index in [0.29, 0.717) is 17.1 Å². The van der Waals surface area contributed by atoms with Crippen LogP contribution in [0.15, 0.2) is 24.3 Å². The highest BCUT2D eigenvalue weighted by Crippen LogP contribution is 2.20. The minimum atomic E-state index is -0.672. The fraction of sp³-hybridized carbons (Fsp3) is 0.471. The van der Waals surface area contributed by atoms with Crippen molar-refractivity contribution in [2.24, 2.45) is 0 Å². The summed E-state index contributed by atoms with van der Waals surface area (Å²) < 4.78 is 0. The van der Waals surface area contributed by atoms with Gasteiger partial charge < -0.3 is 15.5 Å². The molecule has 1 fully saturated rings. The molecular weight excluding hydrogens is 344 g/mol. The van der Waals surface area contributed by atoms with Crippen LogP contribution in [0.1, 0.15) is 18.4 Å². The Morgan fingerprint density at radius 2 is 2.04 bits per heavy atom. The number of nitrogens with zero attached hydrogens (tertiary/aromatic N) is 2. The highest BCUT2D eigenvalue weighted by atomic mass is 35.5. The molecule has 2 N–H and O–H groups in total. The summed E-state index contributed by atoms with van der Waals surface area (Å²) in [6.45, 7) is 1.42. The topological polar surface area (TPSA) is 81.8 Å². The van der Waals surface area contributed by atoms with Gasteiger partial charge in [0.25, 0.3) is 5.91 Å². The van der Waals surface area contributed by atoms with Gasteiger partial charge in [0.05, 0.1) is 6.54 Å². The maximum absolute atomic E-state index is 12.4. The Balaban J connectivity index is 1.84. The first-order chi connectivity index (χ1) is 11.9. The van der Waals surface area contributed by atoms with Crippen LogP contribution in [0.2, 0.25) is 5.02 Å². The molecule has 4 amide bonds. The third kappa shape index (κ3) is 5.44. The van der Waals surface area contributed by atoms with Gasteiger partial charge in [0.15, 0.2) is 0 Å². The van der Waals surface area contributed by atoms with Gasteiger partial charge in [-0.25, -0.2) is 4.79 Å². The minimum Gasteiger partial charge on any atom is -0.355 e. The molecule has 136 valence electrons. The van der Waals surface area contributed by atoms with Gasteiger partial charge in [-0.1, -0.05) is 29.8 Å². The molecule has 1 atom stereocenters. The van der Waals surface area contributed by atoms with Crippen LogP contribution in [0.3, 0.4) is 0 Å². The second-order valence-electron chi connectivity index (χ2n) is 6.21. The number of hydrogen-bond donors (Lipinski definition) is 2. The van der Waals surface area contributed by atoms with Crippen LogP contribution in [-0.4, -0.2) is 60.9 Å². The van der Waals surface area contributed by atoms with Gasteiger partial charge in [-0.3, -0.25) is 14.5 Å². The molecule has 8 heteroatoms. The molecule has 1 aliphatic rings. The smallest absolute Gasteiger partial charge is 0.325 e. The summed E-state index contributed by atoms with van der Waals surface area (Å²) in [5, 5.41) is 5.92. The zero-order valence-electron chi connectivity index (χ0n) is 14.4. The van der Waals surface area contributed by atoms with Gasteiger partial charge >= 0.3 is 6.03 Å². The van der Waals surface area contributed by atoms with Gasteiger partial charge in [0.2, 0.25) is 5.91 Å². The lowest BCUT2D eigenvalue weighted by Crippen LogP contribution is -2.34. The van der Waals surface area contributed by atoms with Crippen molar-refractivity contribution in [1.82, 2.24) is 20.4 Å². The first-order valence-corrected chi connectivity index (χ1v) is 8.53. The van der Waals surface area contributed by atoms with E-state index in [1.807, 2.05) is 19.0 Å². The van der Waals surface area contributed by atoms with Crippen LogP contribution >= 0.6 is 11.6 Å². The van der Waals surface area contributed by atoms with Crippen LogP contribution < -0.4 is 10.6 Å². The number of imide groups is 1. The van der Waals surface area contributed by atoms with E-state index >= 15 is 0 Å². The molecule has 1 heterocycles. The summed E-state index contributed by atoms with van der Waals surface area (Å²) in [6, 6.07) is 5.95. The lowest BCUT2D eigenvalue weighted by molar-refractivity contribution is -0.128. The van der Waals surface area contributed by atoms with E-state index in [2.05, 4.69) is 10.6 Å².